The Morgan fingerprint density at radius 2 is 1.84 bits per heavy atom. The first-order valence-electron chi connectivity index (χ1n) is 6.03. The zero-order valence-electron chi connectivity index (χ0n) is 10.9. The monoisotopic (exact) mass is 262 g/mol. The topological polar surface area (TPSA) is 29.3 Å². The Balaban J connectivity index is 2.36. The van der Waals surface area contributed by atoms with E-state index < -0.39 is 0 Å². The van der Waals surface area contributed by atoms with Crippen LogP contribution in [0.2, 0.25) is 0 Å². The molecule has 2 nitrogen and oxygen atoms in total. The third kappa shape index (κ3) is 2.90. The van der Waals surface area contributed by atoms with E-state index in [4.69, 9.17) is 5.73 Å². The van der Waals surface area contributed by atoms with Crippen LogP contribution in [0.15, 0.2) is 42.5 Å². The van der Waals surface area contributed by atoms with Gasteiger partial charge in [0.25, 0.3) is 0 Å². The van der Waals surface area contributed by atoms with Crippen LogP contribution in [-0.2, 0) is 0 Å². The fourth-order valence-corrected chi connectivity index (χ4v) is 1.90. The molecule has 1 unspecified atom stereocenters. The van der Waals surface area contributed by atoms with Gasteiger partial charge in [-0.2, -0.15) is 0 Å². The number of nitrogens with zero attached hydrogens (tertiary/aromatic N) is 1. The molecule has 4 heteroatoms. The highest BCUT2D eigenvalue weighted by atomic mass is 19.1. The van der Waals surface area contributed by atoms with Crippen LogP contribution in [0.3, 0.4) is 0 Å². The lowest BCUT2D eigenvalue weighted by atomic mass is 10.1. The van der Waals surface area contributed by atoms with Crippen LogP contribution in [0.5, 0.6) is 0 Å². The second-order valence-corrected chi connectivity index (χ2v) is 4.54. The summed E-state index contributed by atoms with van der Waals surface area (Å²) in [6, 6.07) is 10.7. The van der Waals surface area contributed by atoms with Crippen LogP contribution in [0.1, 0.15) is 18.5 Å². The van der Waals surface area contributed by atoms with Gasteiger partial charge in [0.05, 0.1) is 5.69 Å². The number of halogens is 2. The van der Waals surface area contributed by atoms with Gasteiger partial charge in [0.15, 0.2) is 0 Å². The minimum Gasteiger partial charge on any atom is -0.342 e. The normalized spacial score (nSPS) is 12.3. The van der Waals surface area contributed by atoms with Crippen LogP contribution in [0.4, 0.5) is 20.2 Å². The van der Waals surface area contributed by atoms with Gasteiger partial charge in [-0.25, -0.2) is 8.78 Å². The molecule has 0 saturated carbocycles. The Bertz CT molecular complexity index is 582. The lowest BCUT2D eigenvalue weighted by molar-refractivity contribution is 0.620. The van der Waals surface area contributed by atoms with E-state index in [0.29, 0.717) is 11.4 Å². The van der Waals surface area contributed by atoms with Gasteiger partial charge in [0.2, 0.25) is 0 Å². The number of rotatable bonds is 3. The molecule has 0 aromatic heterocycles. The summed E-state index contributed by atoms with van der Waals surface area (Å²) < 4.78 is 27.2. The molecule has 0 fully saturated rings. The fraction of sp³-hybridized carbons (Fsp3) is 0.200. The van der Waals surface area contributed by atoms with Gasteiger partial charge in [-0.05, 0) is 42.8 Å². The molecule has 19 heavy (non-hydrogen) atoms. The quantitative estimate of drug-likeness (QED) is 0.912. The molecule has 2 rings (SSSR count). The van der Waals surface area contributed by atoms with Gasteiger partial charge >= 0.3 is 0 Å². The van der Waals surface area contributed by atoms with Crippen molar-refractivity contribution >= 4 is 11.4 Å². The van der Waals surface area contributed by atoms with E-state index in [0.717, 1.165) is 5.56 Å². The van der Waals surface area contributed by atoms with E-state index in [9.17, 15) is 8.78 Å². The van der Waals surface area contributed by atoms with Crippen LogP contribution < -0.4 is 10.6 Å². The number of hydrogen-bond acceptors (Lipinski definition) is 2. The van der Waals surface area contributed by atoms with Gasteiger partial charge < -0.3 is 10.6 Å². The maximum atomic E-state index is 14.1. The van der Waals surface area contributed by atoms with Crippen molar-refractivity contribution in [3.05, 3.63) is 59.7 Å². The van der Waals surface area contributed by atoms with Gasteiger partial charge in [-0.15, -0.1) is 0 Å². The Morgan fingerprint density at radius 1 is 1.11 bits per heavy atom. The van der Waals surface area contributed by atoms with Crippen molar-refractivity contribution in [3.8, 4) is 0 Å². The van der Waals surface area contributed by atoms with Crippen molar-refractivity contribution in [1.29, 1.82) is 0 Å². The zero-order valence-corrected chi connectivity index (χ0v) is 10.9. The first-order valence-corrected chi connectivity index (χ1v) is 6.03. The minimum absolute atomic E-state index is 0.219. The molecule has 2 aromatic carbocycles. The molecule has 0 bridgehead atoms. The summed E-state index contributed by atoms with van der Waals surface area (Å²) >= 11 is 0. The molecule has 0 spiro atoms. The van der Waals surface area contributed by atoms with Crippen molar-refractivity contribution < 1.29 is 8.78 Å². The summed E-state index contributed by atoms with van der Waals surface area (Å²) in [6.45, 7) is 1.80. The van der Waals surface area contributed by atoms with Gasteiger partial charge in [0, 0.05) is 18.8 Å². The zero-order chi connectivity index (χ0) is 14.0. The summed E-state index contributed by atoms with van der Waals surface area (Å²) in [7, 11) is 1.69. The van der Waals surface area contributed by atoms with Crippen molar-refractivity contribution in [2.75, 3.05) is 11.9 Å². The molecule has 0 aliphatic rings. The van der Waals surface area contributed by atoms with Crippen LogP contribution in [0, 0.1) is 11.6 Å². The summed E-state index contributed by atoms with van der Waals surface area (Å²) in [5.74, 6) is -0.724. The van der Waals surface area contributed by atoms with Crippen molar-refractivity contribution in [2.45, 2.75) is 13.0 Å². The van der Waals surface area contributed by atoms with E-state index in [1.807, 2.05) is 0 Å². The number of hydrogen-bond donors (Lipinski definition) is 1. The Hall–Kier alpha value is -1.94. The van der Waals surface area contributed by atoms with E-state index in [1.165, 1.54) is 18.2 Å². The molecule has 2 aromatic rings. The van der Waals surface area contributed by atoms with Crippen molar-refractivity contribution in [1.82, 2.24) is 0 Å². The molecule has 0 saturated heterocycles. The molecule has 0 aliphatic carbocycles. The average molecular weight is 262 g/mol. The van der Waals surface area contributed by atoms with E-state index in [-0.39, 0.29) is 17.7 Å². The molecule has 0 amide bonds. The maximum Gasteiger partial charge on any atom is 0.147 e. The largest absolute Gasteiger partial charge is 0.342 e. The highest BCUT2D eigenvalue weighted by molar-refractivity contribution is 5.63. The molecule has 100 valence electrons. The second kappa shape index (κ2) is 5.36. The van der Waals surface area contributed by atoms with Crippen molar-refractivity contribution in [3.63, 3.8) is 0 Å². The van der Waals surface area contributed by atoms with Gasteiger partial charge in [-0.1, -0.05) is 12.1 Å². The summed E-state index contributed by atoms with van der Waals surface area (Å²) in [6.07, 6.45) is 0. The maximum absolute atomic E-state index is 14.1. The SMILES string of the molecule is CC(N)c1ccc(N(C)c2cccc(F)c2)c(F)c1. The molecule has 0 aliphatic heterocycles. The van der Waals surface area contributed by atoms with Crippen LogP contribution >= 0.6 is 0 Å². The lowest BCUT2D eigenvalue weighted by Gasteiger charge is -2.21. The van der Waals surface area contributed by atoms with E-state index >= 15 is 0 Å². The molecular weight excluding hydrogens is 246 g/mol. The minimum atomic E-state index is -0.374. The summed E-state index contributed by atoms with van der Waals surface area (Å²) in [5.41, 5.74) is 7.41. The van der Waals surface area contributed by atoms with Gasteiger partial charge in [-0.3, -0.25) is 0 Å². The summed E-state index contributed by atoms with van der Waals surface area (Å²) in [5, 5.41) is 0. The Labute approximate surface area is 111 Å². The highest BCUT2D eigenvalue weighted by Crippen LogP contribution is 2.28. The fourth-order valence-electron chi connectivity index (χ4n) is 1.90. The van der Waals surface area contributed by atoms with Crippen LogP contribution in [-0.4, -0.2) is 7.05 Å². The van der Waals surface area contributed by atoms with E-state index in [2.05, 4.69) is 0 Å². The molecule has 1 atom stereocenters. The van der Waals surface area contributed by atoms with Gasteiger partial charge in [0.1, 0.15) is 11.6 Å². The molecule has 0 radical (unpaired) electrons. The standard InChI is InChI=1S/C15H16F2N2/c1-10(18)11-6-7-15(14(17)8-11)19(2)13-5-3-4-12(16)9-13/h3-10H,18H2,1-2H3. The number of anilines is 2. The molecule has 0 heterocycles. The average Bonchev–Trinajstić information content (AvgIpc) is 2.37. The number of benzene rings is 2. The lowest BCUT2D eigenvalue weighted by Crippen LogP contribution is -2.12. The van der Waals surface area contributed by atoms with Crippen LogP contribution in [0.25, 0.3) is 0 Å². The smallest absolute Gasteiger partial charge is 0.147 e. The number of nitrogens with two attached hydrogens (primary N) is 1. The van der Waals surface area contributed by atoms with Crippen molar-refractivity contribution in [2.24, 2.45) is 5.73 Å². The third-order valence-electron chi connectivity index (χ3n) is 3.05. The van der Waals surface area contributed by atoms with E-state index in [1.54, 1.807) is 43.1 Å². The predicted molar refractivity (Wildman–Crippen MR) is 73.5 cm³/mol. The first-order chi connectivity index (χ1) is 8.99. The molecule has 2 N–H and O–H groups in total. The Kier molecular flexibility index (Phi) is 3.81. The Morgan fingerprint density at radius 3 is 2.42 bits per heavy atom. The highest BCUT2D eigenvalue weighted by Gasteiger charge is 2.11. The first kappa shape index (κ1) is 13.5. The third-order valence-corrected chi connectivity index (χ3v) is 3.05. The molecular formula is C15H16F2N2. The summed E-state index contributed by atoms with van der Waals surface area (Å²) in [4.78, 5) is 1.60. The second-order valence-electron chi connectivity index (χ2n) is 4.54. The predicted octanol–water partition coefficient (Wildman–Crippen LogP) is 3.75.